The second-order valence-corrected chi connectivity index (χ2v) is 4.40. The highest BCUT2D eigenvalue weighted by molar-refractivity contribution is 5.96. The highest BCUT2D eigenvalue weighted by Gasteiger charge is 2.20. The molecule has 0 amide bonds. The first-order valence-corrected chi connectivity index (χ1v) is 5.41. The van der Waals surface area contributed by atoms with Gasteiger partial charge >= 0.3 is 0 Å². The lowest BCUT2D eigenvalue weighted by Crippen LogP contribution is -2.24. The van der Waals surface area contributed by atoms with Gasteiger partial charge in [0.25, 0.3) is 0 Å². The zero-order valence-corrected chi connectivity index (χ0v) is 10.2. The zero-order valence-electron chi connectivity index (χ0n) is 10.2. The van der Waals surface area contributed by atoms with Crippen LogP contribution in [-0.2, 0) is 4.79 Å². The third kappa shape index (κ3) is 4.93. The van der Waals surface area contributed by atoms with Gasteiger partial charge in [-0.2, -0.15) is 0 Å². The summed E-state index contributed by atoms with van der Waals surface area (Å²) in [7, 11) is 0. The average molecular weight is 210 g/mol. The Morgan fingerprint density at radius 3 is 2.33 bits per heavy atom. The Morgan fingerprint density at radius 1 is 1.40 bits per heavy atom. The molecule has 0 saturated carbocycles. The normalized spacial score (nSPS) is 16.3. The molecule has 2 atom stereocenters. The van der Waals surface area contributed by atoms with E-state index >= 15 is 0 Å². The Kier molecular flexibility index (Phi) is 6.18. The summed E-state index contributed by atoms with van der Waals surface area (Å²) >= 11 is 0. The molecule has 0 saturated heterocycles. The molecule has 0 aromatic rings. The maximum atomic E-state index is 11.8. The Morgan fingerprint density at radius 2 is 1.93 bits per heavy atom. The van der Waals surface area contributed by atoms with Crippen LogP contribution < -0.4 is 0 Å². The summed E-state index contributed by atoms with van der Waals surface area (Å²) in [5.41, 5.74) is 0.733. The molecule has 0 heterocycles. The predicted octanol–water partition coefficient (Wildman–Crippen LogP) is 2.73. The summed E-state index contributed by atoms with van der Waals surface area (Å²) in [6, 6.07) is 0. The van der Waals surface area contributed by atoms with Crippen LogP contribution in [0, 0.1) is 11.8 Å². The van der Waals surface area contributed by atoms with Crippen molar-refractivity contribution in [1.29, 1.82) is 0 Å². The van der Waals surface area contributed by atoms with Crippen molar-refractivity contribution < 1.29 is 9.90 Å². The molecule has 0 bridgehead atoms. The van der Waals surface area contributed by atoms with E-state index in [0.29, 0.717) is 5.92 Å². The van der Waals surface area contributed by atoms with Crippen molar-refractivity contribution in [3.05, 3.63) is 24.3 Å². The van der Waals surface area contributed by atoms with E-state index in [-0.39, 0.29) is 5.78 Å². The summed E-state index contributed by atoms with van der Waals surface area (Å²) in [5.74, 6) is 0.154. The molecule has 2 nitrogen and oxygen atoms in total. The molecule has 0 aliphatic rings. The van der Waals surface area contributed by atoms with Crippen LogP contribution in [0.4, 0.5) is 0 Å². The Bertz CT molecular complexity index is 251. The van der Waals surface area contributed by atoms with Crippen molar-refractivity contribution in [2.24, 2.45) is 11.8 Å². The van der Waals surface area contributed by atoms with E-state index in [1.165, 1.54) is 6.08 Å². The number of carbonyl (C=O) groups excluding carboxylic acids is 1. The number of ketones is 1. The minimum atomic E-state index is -0.750. The standard InChI is InChI=1S/C13H22O2/c1-6-12(14)11(5)13(15)10(4)8-7-9(2)3/h6,8-9,11-12,14H,1,7H2,2-5H3/b10-8+/t11-,12-/m0/s1. The third-order valence-electron chi connectivity index (χ3n) is 2.45. The molecule has 2 heteroatoms. The van der Waals surface area contributed by atoms with E-state index < -0.39 is 12.0 Å². The van der Waals surface area contributed by atoms with Gasteiger partial charge in [0.15, 0.2) is 5.78 Å². The number of Topliss-reactive ketones (excluding diaryl/α,β-unsaturated/α-hetero) is 1. The molecule has 1 N–H and O–H groups in total. The lowest BCUT2D eigenvalue weighted by molar-refractivity contribution is -0.120. The molecular weight excluding hydrogens is 188 g/mol. The second-order valence-electron chi connectivity index (χ2n) is 4.40. The molecule has 0 aromatic carbocycles. The van der Waals surface area contributed by atoms with Crippen molar-refractivity contribution in [1.82, 2.24) is 0 Å². The summed E-state index contributed by atoms with van der Waals surface area (Å²) in [6.07, 6.45) is 3.49. The molecule has 0 fully saturated rings. The van der Waals surface area contributed by atoms with Crippen LogP contribution >= 0.6 is 0 Å². The largest absolute Gasteiger partial charge is 0.388 e. The van der Waals surface area contributed by atoms with Gasteiger partial charge in [0, 0.05) is 5.92 Å². The first-order chi connectivity index (χ1) is 6.90. The Balaban J connectivity index is 4.43. The van der Waals surface area contributed by atoms with Gasteiger partial charge in [-0.15, -0.1) is 6.58 Å². The number of rotatable bonds is 6. The van der Waals surface area contributed by atoms with Gasteiger partial charge < -0.3 is 5.11 Å². The molecule has 0 aliphatic heterocycles. The Hall–Kier alpha value is -0.890. The van der Waals surface area contributed by atoms with E-state index in [2.05, 4.69) is 20.4 Å². The van der Waals surface area contributed by atoms with Gasteiger partial charge in [-0.05, 0) is 24.8 Å². The zero-order chi connectivity index (χ0) is 12.0. The van der Waals surface area contributed by atoms with Crippen molar-refractivity contribution in [3.8, 4) is 0 Å². The number of allylic oxidation sites excluding steroid dienone is 2. The molecule has 0 aliphatic carbocycles. The minimum absolute atomic E-state index is 0.00282. The second kappa shape index (κ2) is 6.57. The topological polar surface area (TPSA) is 37.3 Å². The number of hydrogen-bond donors (Lipinski definition) is 1. The van der Waals surface area contributed by atoms with Gasteiger partial charge in [0.1, 0.15) is 0 Å². The molecule has 15 heavy (non-hydrogen) atoms. The molecule has 0 unspecified atom stereocenters. The lowest BCUT2D eigenvalue weighted by Gasteiger charge is -2.14. The molecule has 0 rings (SSSR count). The first kappa shape index (κ1) is 14.1. The van der Waals surface area contributed by atoms with E-state index in [9.17, 15) is 9.90 Å². The lowest BCUT2D eigenvalue weighted by atomic mass is 9.93. The summed E-state index contributed by atoms with van der Waals surface area (Å²) in [4.78, 5) is 11.8. The van der Waals surface area contributed by atoms with Gasteiger partial charge in [0.05, 0.1) is 6.10 Å². The maximum Gasteiger partial charge on any atom is 0.163 e. The van der Waals surface area contributed by atoms with Crippen LogP contribution in [-0.4, -0.2) is 17.0 Å². The van der Waals surface area contributed by atoms with Crippen molar-refractivity contribution in [2.45, 2.75) is 40.2 Å². The third-order valence-corrected chi connectivity index (χ3v) is 2.45. The summed E-state index contributed by atoms with van der Waals surface area (Å²) in [5, 5.41) is 9.46. The molecular formula is C13H22O2. The molecule has 0 radical (unpaired) electrons. The quantitative estimate of drug-likeness (QED) is 0.540. The van der Waals surface area contributed by atoms with E-state index in [4.69, 9.17) is 0 Å². The molecule has 0 spiro atoms. The van der Waals surface area contributed by atoms with Crippen molar-refractivity contribution in [2.75, 3.05) is 0 Å². The van der Waals surface area contributed by atoms with Gasteiger partial charge in [-0.25, -0.2) is 0 Å². The van der Waals surface area contributed by atoms with Crippen LogP contribution in [0.5, 0.6) is 0 Å². The maximum absolute atomic E-state index is 11.8. The van der Waals surface area contributed by atoms with Gasteiger partial charge in [-0.1, -0.05) is 32.9 Å². The van der Waals surface area contributed by atoms with Gasteiger partial charge in [0.2, 0.25) is 0 Å². The fraction of sp³-hybridized carbons (Fsp3) is 0.615. The van der Waals surface area contributed by atoms with Crippen LogP contribution in [0.2, 0.25) is 0 Å². The smallest absolute Gasteiger partial charge is 0.163 e. The Labute approximate surface area is 92.7 Å². The van der Waals surface area contributed by atoms with Crippen LogP contribution in [0.1, 0.15) is 34.1 Å². The number of aliphatic hydroxyl groups excluding tert-OH is 1. The van der Waals surface area contributed by atoms with Crippen molar-refractivity contribution >= 4 is 5.78 Å². The van der Waals surface area contributed by atoms with E-state index in [1.807, 2.05) is 6.08 Å². The highest BCUT2D eigenvalue weighted by atomic mass is 16.3. The summed E-state index contributed by atoms with van der Waals surface area (Å²) in [6.45, 7) is 11.2. The summed E-state index contributed by atoms with van der Waals surface area (Å²) < 4.78 is 0. The van der Waals surface area contributed by atoms with Crippen LogP contribution in [0.3, 0.4) is 0 Å². The number of carbonyl (C=O) groups is 1. The van der Waals surface area contributed by atoms with Crippen LogP contribution in [0.15, 0.2) is 24.3 Å². The fourth-order valence-corrected chi connectivity index (χ4v) is 1.23. The van der Waals surface area contributed by atoms with E-state index in [1.54, 1.807) is 13.8 Å². The van der Waals surface area contributed by atoms with Crippen LogP contribution in [0.25, 0.3) is 0 Å². The fourth-order valence-electron chi connectivity index (χ4n) is 1.23. The minimum Gasteiger partial charge on any atom is -0.388 e. The number of aliphatic hydroxyl groups is 1. The van der Waals surface area contributed by atoms with E-state index in [0.717, 1.165) is 12.0 Å². The molecule has 0 aromatic heterocycles. The predicted molar refractivity (Wildman–Crippen MR) is 63.6 cm³/mol. The molecule has 86 valence electrons. The monoisotopic (exact) mass is 210 g/mol. The average Bonchev–Trinajstić information content (AvgIpc) is 2.22. The van der Waals surface area contributed by atoms with Crippen molar-refractivity contribution in [3.63, 3.8) is 0 Å². The van der Waals surface area contributed by atoms with Gasteiger partial charge in [-0.3, -0.25) is 4.79 Å². The number of hydrogen-bond acceptors (Lipinski definition) is 2. The highest BCUT2D eigenvalue weighted by Crippen LogP contribution is 2.13. The first-order valence-electron chi connectivity index (χ1n) is 5.41. The SMILES string of the molecule is C=C[C@H](O)[C@H](C)C(=O)/C(C)=C/CC(C)C.